The van der Waals surface area contributed by atoms with E-state index >= 15 is 0 Å². The first-order valence-corrected chi connectivity index (χ1v) is 10.8. The molecule has 1 aromatic rings. The van der Waals surface area contributed by atoms with Crippen molar-refractivity contribution in [3.63, 3.8) is 0 Å². The molecule has 0 unspecified atom stereocenters. The van der Waals surface area contributed by atoms with Gasteiger partial charge in [-0.15, -0.1) is 0 Å². The number of carboxylic acids is 1. The maximum atomic E-state index is 12.7. The zero-order valence-corrected chi connectivity index (χ0v) is 16.3. The zero-order chi connectivity index (χ0) is 19.7. The van der Waals surface area contributed by atoms with Gasteiger partial charge in [0.1, 0.15) is 0 Å². The van der Waals surface area contributed by atoms with Crippen molar-refractivity contribution in [2.75, 3.05) is 19.6 Å². The molecule has 0 spiro atoms. The van der Waals surface area contributed by atoms with Gasteiger partial charge in [0, 0.05) is 25.6 Å². The van der Waals surface area contributed by atoms with Gasteiger partial charge in [-0.1, -0.05) is 6.92 Å². The first kappa shape index (κ1) is 19.8. The van der Waals surface area contributed by atoms with Crippen LogP contribution in [0.2, 0.25) is 0 Å². The van der Waals surface area contributed by atoms with Crippen LogP contribution < -0.4 is 5.32 Å². The summed E-state index contributed by atoms with van der Waals surface area (Å²) >= 11 is 0. The highest BCUT2D eigenvalue weighted by atomic mass is 32.2. The van der Waals surface area contributed by atoms with Crippen molar-refractivity contribution in [1.82, 2.24) is 9.62 Å². The van der Waals surface area contributed by atoms with Crippen molar-refractivity contribution in [2.45, 2.75) is 43.9 Å². The summed E-state index contributed by atoms with van der Waals surface area (Å²) in [7, 11) is -3.67. The summed E-state index contributed by atoms with van der Waals surface area (Å²) in [5.74, 6) is -1.23. The Hall–Kier alpha value is -1.93. The lowest BCUT2D eigenvalue weighted by atomic mass is 9.97. The third kappa shape index (κ3) is 4.68. The van der Waals surface area contributed by atoms with E-state index in [9.17, 15) is 18.0 Å². The molecule has 1 saturated heterocycles. The summed E-state index contributed by atoms with van der Waals surface area (Å²) in [6.07, 6.45) is 4.45. The largest absolute Gasteiger partial charge is 0.478 e. The fourth-order valence-electron chi connectivity index (χ4n) is 3.37. The van der Waals surface area contributed by atoms with Gasteiger partial charge in [0.25, 0.3) is 0 Å². The molecule has 0 atom stereocenters. The molecule has 0 aromatic heterocycles. The third-order valence-electron chi connectivity index (χ3n) is 5.70. The maximum Gasteiger partial charge on any atom is 0.335 e. The predicted molar refractivity (Wildman–Crippen MR) is 99.9 cm³/mol. The molecule has 8 heteroatoms. The van der Waals surface area contributed by atoms with Gasteiger partial charge in [-0.25, -0.2) is 13.2 Å². The van der Waals surface area contributed by atoms with Crippen molar-refractivity contribution < 1.29 is 23.1 Å². The number of hydrogen-bond acceptors (Lipinski definition) is 4. The SMILES string of the molecule is CC1(CCNC(=O)C2CCN(S(=O)(=O)c3ccc(C(=O)O)cc3)CC2)CC1. The summed E-state index contributed by atoms with van der Waals surface area (Å²) in [5, 5.41) is 11.9. The average molecular weight is 394 g/mol. The number of hydrogen-bond donors (Lipinski definition) is 2. The highest BCUT2D eigenvalue weighted by Gasteiger charge is 2.37. The van der Waals surface area contributed by atoms with Gasteiger partial charge in [0.15, 0.2) is 0 Å². The zero-order valence-electron chi connectivity index (χ0n) is 15.5. The van der Waals surface area contributed by atoms with Gasteiger partial charge >= 0.3 is 5.97 Å². The van der Waals surface area contributed by atoms with E-state index in [1.54, 1.807) is 0 Å². The number of rotatable bonds is 7. The minimum atomic E-state index is -3.67. The van der Waals surface area contributed by atoms with Gasteiger partial charge in [-0.05, 0) is 61.8 Å². The maximum absolute atomic E-state index is 12.7. The van der Waals surface area contributed by atoms with Crippen molar-refractivity contribution >= 4 is 21.9 Å². The summed E-state index contributed by atoms with van der Waals surface area (Å²) in [4.78, 5) is 23.3. The van der Waals surface area contributed by atoms with Gasteiger partial charge in [0.05, 0.1) is 10.5 Å². The molecule has 1 aliphatic carbocycles. The predicted octanol–water partition coefficient (Wildman–Crippen LogP) is 2.09. The van der Waals surface area contributed by atoms with Crippen LogP contribution >= 0.6 is 0 Å². The number of amides is 1. The number of nitrogens with one attached hydrogen (secondary N) is 1. The molecule has 1 aromatic carbocycles. The minimum absolute atomic E-state index is 0.0158. The number of carbonyl (C=O) groups is 2. The standard InChI is InChI=1S/C19H26N2O5S/c1-19(8-9-19)10-11-20-17(22)14-6-12-21(13-7-14)27(25,26)16-4-2-15(3-5-16)18(23)24/h2-5,14H,6-13H2,1H3,(H,20,22)(H,23,24). The lowest BCUT2D eigenvalue weighted by molar-refractivity contribution is -0.126. The Kier molecular flexibility index (Phi) is 5.58. The van der Waals surface area contributed by atoms with E-state index in [4.69, 9.17) is 5.11 Å². The second-order valence-electron chi connectivity index (χ2n) is 7.86. The van der Waals surface area contributed by atoms with Crippen LogP contribution in [0.1, 0.15) is 49.4 Å². The molecule has 148 valence electrons. The van der Waals surface area contributed by atoms with E-state index in [0.717, 1.165) is 6.42 Å². The fourth-order valence-corrected chi connectivity index (χ4v) is 4.84. The number of nitrogens with zero attached hydrogens (tertiary/aromatic N) is 1. The minimum Gasteiger partial charge on any atom is -0.478 e. The van der Waals surface area contributed by atoms with E-state index in [-0.39, 0.29) is 22.3 Å². The van der Waals surface area contributed by atoms with Gasteiger partial charge < -0.3 is 10.4 Å². The quantitative estimate of drug-likeness (QED) is 0.737. The Morgan fingerprint density at radius 2 is 1.78 bits per heavy atom. The van der Waals surface area contributed by atoms with E-state index in [1.807, 2.05) is 0 Å². The lowest BCUT2D eigenvalue weighted by Crippen LogP contribution is -2.43. The van der Waals surface area contributed by atoms with Crippen LogP contribution in [-0.4, -0.2) is 49.3 Å². The molecule has 0 bridgehead atoms. The molecule has 2 N–H and O–H groups in total. The Morgan fingerprint density at radius 3 is 2.30 bits per heavy atom. The first-order chi connectivity index (χ1) is 12.7. The molecule has 0 radical (unpaired) electrons. The number of benzene rings is 1. The highest BCUT2D eigenvalue weighted by Crippen LogP contribution is 2.47. The molecule has 2 fully saturated rings. The molecule has 27 heavy (non-hydrogen) atoms. The average Bonchev–Trinajstić information content (AvgIpc) is 3.39. The molecular weight excluding hydrogens is 368 g/mol. The smallest absolute Gasteiger partial charge is 0.335 e. The van der Waals surface area contributed by atoms with E-state index < -0.39 is 16.0 Å². The van der Waals surface area contributed by atoms with E-state index in [2.05, 4.69) is 12.2 Å². The van der Waals surface area contributed by atoms with E-state index in [1.165, 1.54) is 41.4 Å². The number of carboxylic acid groups (broad SMARTS) is 1. The van der Waals surface area contributed by atoms with Crippen molar-refractivity contribution in [3.8, 4) is 0 Å². The van der Waals surface area contributed by atoms with Gasteiger partial charge in [-0.3, -0.25) is 4.79 Å². The molecule has 2 aliphatic rings. The number of piperidine rings is 1. The Labute approximate surface area is 159 Å². The molecule has 3 rings (SSSR count). The molecule has 1 saturated carbocycles. The van der Waals surface area contributed by atoms with Gasteiger partial charge in [-0.2, -0.15) is 4.31 Å². The highest BCUT2D eigenvalue weighted by molar-refractivity contribution is 7.89. The van der Waals surface area contributed by atoms with E-state index in [0.29, 0.717) is 37.9 Å². The second kappa shape index (κ2) is 7.59. The van der Waals surface area contributed by atoms with Crippen molar-refractivity contribution in [2.24, 2.45) is 11.3 Å². The van der Waals surface area contributed by atoms with Crippen LogP contribution in [0, 0.1) is 11.3 Å². The second-order valence-corrected chi connectivity index (χ2v) is 9.80. The summed E-state index contributed by atoms with van der Waals surface area (Å²) < 4.78 is 26.8. The molecule has 1 aliphatic heterocycles. The normalized spacial score (nSPS) is 20.2. The summed E-state index contributed by atoms with van der Waals surface area (Å²) in [6, 6.07) is 5.21. The molecule has 1 amide bonds. The number of aromatic carboxylic acids is 1. The van der Waals surface area contributed by atoms with Gasteiger partial charge in [0.2, 0.25) is 15.9 Å². The van der Waals surface area contributed by atoms with Crippen LogP contribution in [0.15, 0.2) is 29.2 Å². The molecular formula is C19H26N2O5S. The Balaban J connectivity index is 1.52. The van der Waals surface area contributed by atoms with Crippen molar-refractivity contribution in [3.05, 3.63) is 29.8 Å². The molecule has 7 nitrogen and oxygen atoms in total. The fraction of sp³-hybridized carbons (Fsp3) is 0.579. The third-order valence-corrected chi connectivity index (χ3v) is 7.61. The van der Waals surface area contributed by atoms with Crippen molar-refractivity contribution in [1.29, 1.82) is 0 Å². The Morgan fingerprint density at radius 1 is 1.19 bits per heavy atom. The Bertz CT molecular complexity index is 807. The van der Waals surface area contributed by atoms with Crippen LogP contribution in [0.25, 0.3) is 0 Å². The lowest BCUT2D eigenvalue weighted by Gasteiger charge is -2.30. The number of sulfonamides is 1. The monoisotopic (exact) mass is 394 g/mol. The summed E-state index contributed by atoms with van der Waals surface area (Å²) in [5.41, 5.74) is 0.449. The van der Waals surface area contributed by atoms with Crippen LogP contribution in [0.3, 0.4) is 0 Å². The molecule has 1 heterocycles. The number of carbonyl (C=O) groups excluding carboxylic acids is 1. The summed E-state index contributed by atoms with van der Waals surface area (Å²) in [6.45, 7) is 3.49. The van der Waals surface area contributed by atoms with Crippen LogP contribution in [0.5, 0.6) is 0 Å². The van der Waals surface area contributed by atoms with Crippen LogP contribution in [-0.2, 0) is 14.8 Å². The first-order valence-electron chi connectivity index (χ1n) is 9.33. The van der Waals surface area contributed by atoms with Crippen LogP contribution in [0.4, 0.5) is 0 Å². The topological polar surface area (TPSA) is 104 Å².